The first kappa shape index (κ1) is 20.7. The molecule has 12 nitrogen and oxygen atoms in total. The number of aromatic nitrogens is 4. The van der Waals surface area contributed by atoms with E-state index in [9.17, 15) is 14.4 Å². The maximum Gasteiger partial charge on any atom is 0.303 e. The molecule has 1 fully saturated rings. The number of hydrogen-bond donors (Lipinski definition) is 2. The summed E-state index contributed by atoms with van der Waals surface area (Å²) in [6.07, 6.45) is -2.82. The molecule has 1 aliphatic rings. The lowest BCUT2D eigenvalue weighted by Crippen LogP contribution is -2.55. The van der Waals surface area contributed by atoms with E-state index in [1.165, 1.54) is 31.7 Å². The minimum Gasteiger partial charge on any atom is -0.456 e. The molecule has 3 heterocycles. The van der Waals surface area contributed by atoms with Crippen LogP contribution in [0.3, 0.4) is 0 Å². The van der Waals surface area contributed by atoms with Crippen LogP contribution >= 0.6 is 12.2 Å². The van der Waals surface area contributed by atoms with Gasteiger partial charge >= 0.3 is 17.9 Å². The van der Waals surface area contributed by atoms with E-state index in [2.05, 4.69) is 15.0 Å². The number of nitrogens with zero attached hydrogens (tertiary/aromatic N) is 3. The van der Waals surface area contributed by atoms with Gasteiger partial charge in [-0.05, 0) is 0 Å². The summed E-state index contributed by atoms with van der Waals surface area (Å²) in [5.74, 6) is -1.85. The van der Waals surface area contributed by atoms with Crippen molar-refractivity contribution < 1.29 is 33.3 Å². The molecular formula is C16H19N5O7S. The Morgan fingerprint density at radius 3 is 2.41 bits per heavy atom. The number of aromatic amines is 1. The number of anilines is 1. The number of fused-ring (bicyclic) bond motifs is 1. The number of esters is 3. The van der Waals surface area contributed by atoms with Gasteiger partial charge in [-0.25, -0.2) is 9.97 Å². The summed E-state index contributed by atoms with van der Waals surface area (Å²) in [4.78, 5) is 45.8. The highest BCUT2D eigenvalue weighted by atomic mass is 32.1. The Labute approximate surface area is 169 Å². The largest absolute Gasteiger partial charge is 0.456 e. The molecule has 1 aliphatic heterocycles. The monoisotopic (exact) mass is 425 g/mol. The van der Waals surface area contributed by atoms with Crippen LogP contribution in [0.1, 0.15) is 27.0 Å². The van der Waals surface area contributed by atoms with Crippen LogP contribution in [0.4, 0.5) is 5.95 Å². The second kappa shape index (κ2) is 8.13. The van der Waals surface area contributed by atoms with Crippen LogP contribution in [-0.2, 0) is 33.3 Å². The number of carbonyl (C=O) groups is 3. The first-order valence-electron chi connectivity index (χ1n) is 8.53. The van der Waals surface area contributed by atoms with Crippen LogP contribution in [0.5, 0.6) is 0 Å². The molecule has 2 aromatic rings. The molecular weight excluding hydrogens is 406 g/mol. The van der Waals surface area contributed by atoms with Gasteiger partial charge in [0.25, 0.3) is 0 Å². The van der Waals surface area contributed by atoms with Crippen LogP contribution in [0.15, 0.2) is 6.33 Å². The Morgan fingerprint density at radius 1 is 1.17 bits per heavy atom. The zero-order valence-electron chi connectivity index (χ0n) is 15.8. The lowest BCUT2D eigenvalue weighted by Gasteiger charge is -2.40. The smallest absolute Gasteiger partial charge is 0.303 e. The van der Waals surface area contributed by atoms with Crippen molar-refractivity contribution in [2.75, 3.05) is 12.3 Å². The Hall–Kier alpha value is -3.06. The molecule has 0 bridgehead atoms. The van der Waals surface area contributed by atoms with Gasteiger partial charge in [-0.2, -0.15) is 0 Å². The van der Waals surface area contributed by atoms with Crippen LogP contribution in [0, 0.1) is 4.64 Å². The van der Waals surface area contributed by atoms with Gasteiger partial charge in [-0.1, -0.05) is 12.2 Å². The maximum atomic E-state index is 11.8. The normalized spacial score (nSPS) is 24.1. The number of rotatable bonds is 4. The highest BCUT2D eigenvalue weighted by Gasteiger charge is 2.48. The summed E-state index contributed by atoms with van der Waals surface area (Å²) >= 11 is 5.16. The third kappa shape index (κ3) is 4.35. The van der Waals surface area contributed by atoms with Crippen molar-refractivity contribution in [2.24, 2.45) is 0 Å². The molecule has 13 heteroatoms. The molecule has 3 N–H and O–H groups in total. The van der Waals surface area contributed by atoms with Crippen molar-refractivity contribution in [2.45, 2.75) is 45.3 Å². The zero-order chi connectivity index (χ0) is 21.3. The molecule has 29 heavy (non-hydrogen) atoms. The molecule has 0 amide bonds. The number of nitrogen functional groups attached to an aromatic ring is 1. The van der Waals surface area contributed by atoms with Gasteiger partial charge in [0.15, 0.2) is 35.1 Å². The average molecular weight is 425 g/mol. The summed E-state index contributed by atoms with van der Waals surface area (Å²) in [6.45, 7) is 3.47. The molecule has 0 aromatic carbocycles. The predicted octanol–water partition coefficient (Wildman–Crippen LogP) is 0.395. The second-order valence-corrected chi connectivity index (χ2v) is 6.68. The number of carbonyl (C=O) groups excluding carboxylic acids is 3. The molecule has 0 aliphatic carbocycles. The van der Waals surface area contributed by atoms with E-state index < -0.39 is 42.4 Å². The van der Waals surface area contributed by atoms with Gasteiger partial charge in [-0.3, -0.25) is 19.0 Å². The standard InChI is InChI=1S/C16H19N5O7S/c1-6(22)26-9-4-25-15(12(28-8(3)24)11(9)27-7(2)23)21-5-18-10-13(21)19-16(17)20-14(10)29/h5,9,11-12,15H,4H2,1-3H3,(H3,17,19,20,29)/t9-,11+,12+,15+/m0/s1. The lowest BCUT2D eigenvalue weighted by molar-refractivity contribution is -0.239. The third-order valence-electron chi connectivity index (χ3n) is 4.06. The SMILES string of the molecule is CC(=O)O[C@@H]1[C@H](OC(C)=O)[C@@H](OC(C)=O)CO[C@H]1n1cnc2c(=S)nc(N)[nH]c21. The summed E-state index contributed by atoms with van der Waals surface area (Å²) in [5, 5.41) is 0. The summed E-state index contributed by atoms with van der Waals surface area (Å²) in [6, 6.07) is 0. The van der Waals surface area contributed by atoms with Crippen molar-refractivity contribution in [3.63, 3.8) is 0 Å². The fourth-order valence-electron chi connectivity index (χ4n) is 3.11. The first-order valence-corrected chi connectivity index (χ1v) is 8.93. The molecule has 156 valence electrons. The van der Waals surface area contributed by atoms with Gasteiger partial charge in [0.05, 0.1) is 12.9 Å². The Balaban J connectivity index is 2.07. The van der Waals surface area contributed by atoms with E-state index in [0.717, 1.165) is 0 Å². The van der Waals surface area contributed by atoms with E-state index >= 15 is 0 Å². The number of hydrogen-bond acceptors (Lipinski definition) is 11. The first-order chi connectivity index (χ1) is 13.7. The van der Waals surface area contributed by atoms with Crippen molar-refractivity contribution in [1.29, 1.82) is 0 Å². The van der Waals surface area contributed by atoms with E-state index in [0.29, 0.717) is 11.2 Å². The van der Waals surface area contributed by atoms with Crippen LogP contribution in [0.25, 0.3) is 11.2 Å². The summed E-state index contributed by atoms with van der Waals surface area (Å²) < 4.78 is 23.4. The fraction of sp³-hybridized carbons (Fsp3) is 0.500. The van der Waals surface area contributed by atoms with Crippen LogP contribution in [0.2, 0.25) is 0 Å². The Kier molecular flexibility index (Phi) is 5.79. The minimum atomic E-state index is -1.15. The molecule has 0 unspecified atom stereocenters. The van der Waals surface area contributed by atoms with Crippen LogP contribution in [-0.4, -0.2) is 62.3 Å². The predicted molar refractivity (Wildman–Crippen MR) is 98.8 cm³/mol. The van der Waals surface area contributed by atoms with Crippen molar-refractivity contribution >= 4 is 47.2 Å². The molecule has 4 atom stereocenters. The molecule has 2 aromatic heterocycles. The van der Waals surface area contributed by atoms with Crippen molar-refractivity contribution in [1.82, 2.24) is 19.5 Å². The number of ether oxygens (including phenoxy) is 4. The molecule has 1 saturated heterocycles. The van der Waals surface area contributed by atoms with Gasteiger partial charge in [0.1, 0.15) is 11.2 Å². The molecule has 0 saturated carbocycles. The van der Waals surface area contributed by atoms with Gasteiger partial charge in [-0.15, -0.1) is 0 Å². The number of imidazole rings is 1. The van der Waals surface area contributed by atoms with E-state index in [1.807, 2.05) is 0 Å². The maximum absolute atomic E-state index is 11.8. The summed E-state index contributed by atoms with van der Waals surface area (Å²) in [7, 11) is 0. The fourth-order valence-corrected chi connectivity index (χ4v) is 3.35. The van der Waals surface area contributed by atoms with Gasteiger partial charge < -0.3 is 29.7 Å². The molecule has 3 rings (SSSR count). The van der Waals surface area contributed by atoms with E-state index in [1.54, 1.807) is 0 Å². The summed E-state index contributed by atoms with van der Waals surface area (Å²) in [5.41, 5.74) is 6.47. The van der Waals surface area contributed by atoms with E-state index in [4.69, 9.17) is 36.9 Å². The average Bonchev–Trinajstić information content (AvgIpc) is 3.00. The van der Waals surface area contributed by atoms with Crippen LogP contribution < -0.4 is 5.73 Å². The minimum absolute atomic E-state index is 0.0541. The van der Waals surface area contributed by atoms with E-state index in [-0.39, 0.29) is 17.2 Å². The second-order valence-electron chi connectivity index (χ2n) is 6.30. The lowest BCUT2D eigenvalue weighted by atomic mass is 10.0. The highest BCUT2D eigenvalue weighted by molar-refractivity contribution is 7.71. The number of nitrogens with two attached hydrogens (primary N) is 1. The third-order valence-corrected chi connectivity index (χ3v) is 4.35. The quantitative estimate of drug-likeness (QED) is 0.396. The molecule has 0 radical (unpaired) electrons. The number of H-pyrrole nitrogens is 1. The molecule has 0 spiro atoms. The highest BCUT2D eigenvalue weighted by Crippen LogP contribution is 2.32. The number of nitrogens with one attached hydrogen (secondary N) is 1. The topological polar surface area (TPSA) is 161 Å². The van der Waals surface area contributed by atoms with Crippen molar-refractivity contribution in [3.05, 3.63) is 11.0 Å². The van der Waals surface area contributed by atoms with Gasteiger partial charge in [0, 0.05) is 20.8 Å². The Morgan fingerprint density at radius 2 is 1.79 bits per heavy atom. The van der Waals surface area contributed by atoms with Gasteiger partial charge in [0.2, 0.25) is 0 Å². The Bertz CT molecular complexity index is 1020. The zero-order valence-corrected chi connectivity index (χ0v) is 16.6. The van der Waals surface area contributed by atoms with Crippen molar-refractivity contribution in [3.8, 4) is 0 Å².